The van der Waals surface area contributed by atoms with E-state index < -0.39 is 17.8 Å². The van der Waals surface area contributed by atoms with Crippen LogP contribution in [0.2, 0.25) is 0 Å². The number of aryl methyl sites for hydroxylation is 1. The molecular formula is C14H17F3N2O2. The number of rotatable bonds is 2. The van der Waals surface area contributed by atoms with Crippen molar-refractivity contribution in [2.45, 2.75) is 25.9 Å². The van der Waals surface area contributed by atoms with Gasteiger partial charge in [0.05, 0.1) is 11.3 Å². The SMILES string of the molecule is CCN(C)OC(=O)N1CCCc2cc(C(F)(F)F)ccc21. The summed E-state index contributed by atoms with van der Waals surface area (Å²) in [6, 6.07) is 3.44. The molecule has 116 valence electrons. The third-order valence-electron chi connectivity index (χ3n) is 3.43. The highest BCUT2D eigenvalue weighted by atomic mass is 19.4. The van der Waals surface area contributed by atoms with E-state index in [1.165, 1.54) is 16.0 Å². The van der Waals surface area contributed by atoms with Crippen LogP contribution in [0, 0.1) is 0 Å². The van der Waals surface area contributed by atoms with Crippen LogP contribution in [0.25, 0.3) is 0 Å². The Bertz CT molecular complexity index is 531. The van der Waals surface area contributed by atoms with Gasteiger partial charge in [0.2, 0.25) is 0 Å². The van der Waals surface area contributed by atoms with E-state index in [9.17, 15) is 18.0 Å². The van der Waals surface area contributed by atoms with Crippen LogP contribution in [-0.2, 0) is 17.4 Å². The fourth-order valence-electron chi connectivity index (χ4n) is 2.21. The molecule has 0 fully saturated rings. The number of hydroxylamine groups is 2. The predicted octanol–water partition coefficient (Wildman–Crippen LogP) is 3.46. The highest BCUT2D eigenvalue weighted by Gasteiger charge is 2.33. The molecule has 1 aliphatic rings. The fourth-order valence-corrected chi connectivity index (χ4v) is 2.21. The van der Waals surface area contributed by atoms with Crippen LogP contribution in [0.3, 0.4) is 0 Å². The number of halogens is 3. The molecule has 0 saturated heterocycles. The summed E-state index contributed by atoms with van der Waals surface area (Å²) in [6.45, 7) is 2.79. The lowest BCUT2D eigenvalue weighted by Gasteiger charge is -2.30. The van der Waals surface area contributed by atoms with E-state index in [0.29, 0.717) is 37.2 Å². The Labute approximate surface area is 121 Å². The van der Waals surface area contributed by atoms with Crippen molar-refractivity contribution in [3.8, 4) is 0 Å². The number of fused-ring (bicyclic) bond motifs is 1. The summed E-state index contributed by atoms with van der Waals surface area (Å²) in [5, 5.41) is 1.38. The average molecular weight is 302 g/mol. The molecule has 1 amide bonds. The molecule has 4 nitrogen and oxygen atoms in total. The van der Waals surface area contributed by atoms with Gasteiger partial charge in [-0.1, -0.05) is 0 Å². The number of nitrogens with zero attached hydrogens (tertiary/aromatic N) is 2. The number of alkyl halides is 3. The lowest BCUT2D eigenvalue weighted by molar-refractivity contribution is -0.137. The molecule has 0 aliphatic carbocycles. The minimum Gasteiger partial charge on any atom is -0.351 e. The third-order valence-corrected chi connectivity index (χ3v) is 3.43. The maximum atomic E-state index is 12.7. The first-order valence-electron chi connectivity index (χ1n) is 6.73. The molecule has 1 aliphatic heterocycles. The lowest BCUT2D eigenvalue weighted by Crippen LogP contribution is -2.39. The summed E-state index contributed by atoms with van der Waals surface area (Å²) >= 11 is 0. The zero-order chi connectivity index (χ0) is 15.6. The molecule has 2 rings (SSSR count). The Morgan fingerprint density at radius 3 is 2.76 bits per heavy atom. The minimum absolute atomic E-state index is 0.439. The Hall–Kier alpha value is -1.76. The second-order valence-electron chi connectivity index (χ2n) is 4.90. The van der Waals surface area contributed by atoms with Crippen molar-refractivity contribution in [1.29, 1.82) is 0 Å². The van der Waals surface area contributed by atoms with Gasteiger partial charge in [0.25, 0.3) is 0 Å². The third kappa shape index (κ3) is 3.47. The van der Waals surface area contributed by atoms with E-state index in [0.717, 1.165) is 12.1 Å². The molecule has 0 atom stereocenters. The summed E-state index contributed by atoms with van der Waals surface area (Å²) in [7, 11) is 1.62. The molecule has 0 aromatic heterocycles. The zero-order valence-electron chi connectivity index (χ0n) is 11.9. The molecule has 0 radical (unpaired) electrons. The fraction of sp³-hybridized carbons (Fsp3) is 0.500. The van der Waals surface area contributed by atoms with Gasteiger partial charge in [-0.25, -0.2) is 4.79 Å². The molecule has 0 spiro atoms. The number of hydrogen-bond donors (Lipinski definition) is 0. The van der Waals surface area contributed by atoms with Crippen LogP contribution in [0.4, 0.5) is 23.7 Å². The van der Waals surface area contributed by atoms with Gasteiger partial charge in [-0.05, 0) is 43.5 Å². The first kappa shape index (κ1) is 15.6. The first-order valence-corrected chi connectivity index (χ1v) is 6.73. The summed E-state index contributed by atoms with van der Waals surface area (Å²) in [5.41, 5.74) is 0.318. The van der Waals surface area contributed by atoms with Gasteiger partial charge in [0, 0.05) is 20.1 Å². The van der Waals surface area contributed by atoms with Crippen LogP contribution >= 0.6 is 0 Å². The van der Waals surface area contributed by atoms with Crippen molar-refractivity contribution in [3.05, 3.63) is 29.3 Å². The van der Waals surface area contributed by atoms with Gasteiger partial charge in [-0.15, -0.1) is 5.06 Å². The number of carbonyl (C=O) groups excluding carboxylic acids is 1. The van der Waals surface area contributed by atoms with Crippen molar-refractivity contribution >= 4 is 11.8 Å². The highest BCUT2D eigenvalue weighted by Crippen LogP contribution is 2.35. The van der Waals surface area contributed by atoms with Crippen LogP contribution in [-0.4, -0.2) is 31.3 Å². The van der Waals surface area contributed by atoms with Crippen molar-refractivity contribution in [2.24, 2.45) is 0 Å². The summed E-state index contributed by atoms with van der Waals surface area (Å²) in [4.78, 5) is 18.5. The summed E-state index contributed by atoms with van der Waals surface area (Å²) < 4.78 is 38.2. The van der Waals surface area contributed by atoms with Crippen LogP contribution in [0.5, 0.6) is 0 Å². The summed E-state index contributed by atoms with van der Waals surface area (Å²) in [6.07, 6.45) is -3.81. The maximum Gasteiger partial charge on any atom is 0.433 e. The maximum absolute atomic E-state index is 12.7. The Morgan fingerprint density at radius 1 is 1.43 bits per heavy atom. The van der Waals surface area contributed by atoms with E-state index >= 15 is 0 Å². The molecule has 0 N–H and O–H groups in total. The number of hydrogen-bond acceptors (Lipinski definition) is 3. The van der Waals surface area contributed by atoms with E-state index in [-0.39, 0.29) is 0 Å². The quantitative estimate of drug-likeness (QED) is 0.784. The van der Waals surface area contributed by atoms with Gasteiger partial charge in [0.15, 0.2) is 0 Å². The van der Waals surface area contributed by atoms with Gasteiger partial charge in [0.1, 0.15) is 0 Å². The second-order valence-corrected chi connectivity index (χ2v) is 4.90. The molecule has 0 bridgehead atoms. The minimum atomic E-state index is -4.37. The molecule has 0 unspecified atom stereocenters. The van der Waals surface area contributed by atoms with Gasteiger partial charge in [-0.3, -0.25) is 4.90 Å². The Morgan fingerprint density at radius 2 is 2.14 bits per heavy atom. The van der Waals surface area contributed by atoms with Gasteiger partial charge < -0.3 is 4.84 Å². The molecule has 0 saturated carbocycles. The Balaban J connectivity index is 2.26. The van der Waals surface area contributed by atoms with Crippen LogP contribution < -0.4 is 4.90 Å². The highest BCUT2D eigenvalue weighted by molar-refractivity contribution is 5.89. The lowest BCUT2D eigenvalue weighted by atomic mass is 9.99. The first-order chi connectivity index (χ1) is 9.82. The van der Waals surface area contributed by atoms with Crippen molar-refractivity contribution in [1.82, 2.24) is 5.06 Å². The van der Waals surface area contributed by atoms with E-state index in [1.54, 1.807) is 7.05 Å². The number of benzene rings is 1. The number of carbonyl (C=O) groups is 1. The van der Waals surface area contributed by atoms with E-state index in [2.05, 4.69) is 0 Å². The smallest absolute Gasteiger partial charge is 0.351 e. The van der Waals surface area contributed by atoms with Gasteiger partial charge in [-0.2, -0.15) is 13.2 Å². The molecule has 1 heterocycles. The zero-order valence-corrected chi connectivity index (χ0v) is 11.9. The van der Waals surface area contributed by atoms with Crippen molar-refractivity contribution < 1.29 is 22.8 Å². The molecule has 1 aromatic carbocycles. The molecule has 1 aromatic rings. The van der Waals surface area contributed by atoms with Crippen LogP contribution in [0.15, 0.2) is 18.2 Å². The summed E-state index contributed by atoms with van der Waals surface area (Å²) in [5.74, 6) is 0. The normalized spacial score (nSPS) is 15.0. The average Bonchev–Trinajstić information content (AvgIpc) is 2.44. The Kier molecular flexibility index (Phi) is 4.41. The standard InChI is InChI=1S/C14H17F3N2O2/c1-3-18(2)21-13(20)19-8-4-5-10-9-11(14(15,16)17)6-7-12(10)19/h6-7,9H,3-5,8H2,1-2H3. The predicted molar refractivity (Wildman–Crippen MR) is 71.9 cm³/mol. The number of amides is 1. The largest absolute Gasteiger partial charge is 0.433 e. The van der Waals surface area contributed by atoms with E-state index in [1.807, 2.05) is 6.92 Å². The van der Waals surface area contributed by atoms with E-state index in [4.69, 9.17) is 4.84 Å². The monoisotopic (exact) mass is 302 g/mol. The van der Waals surface area contributed by atoms with Crippen molar-refractivity contribution in [3.63, 3.8) is 0 Å². The molecular weight excluding hydrogens is 285 g/mol. The van der Waals surface area contributed by atoms with Crippen LogP contribution in [0.1, 0.15) is 24.5 Å². The molecule has 21 heavy (non-hydrogen) atoms. The van der Waals surface area contributed by atoms with Crippen molar-refractivity contribution in [2.75, 3.05) is 25.0 Å². The van der Waals surface area contributed by atoms with Gasteiger partial charge >= 0.3 is 12.3 Å². The number of anilines is 1. The molecule has 7 heteroatoms. The second kappa shape index (κ2) is 5.93. The topological polar surface area (TPSA) is 32.8 Å².